The molecule has 0 atom stereocenters. The van der Waals surface area contributed by atoms with Crippen molar-refractivity contribution in [1.29, 1.82) is 0 Å². The Morgan fingerprint density at radius 2 is 2.12 bits per heavy atom. The second-order valence-electron chi connectivity index (χ2n) is 2.61. The van der Waals surface area contributed by atoms with Crippen molar-refractivity contribution in [3.63, 3.8) is 0 Å². The summed E-state index contributed by atoms with van der Waals surface area (Å²) < 4.78 is 51.9. The van der Waals surface area contributed by atoms with Gasteiger partial charge in [0, 0.05) is 10.7 Å². The minimum atomic E-state index is -4.16. The molecule has 0 saturated carbocycles. The van der Waals surface area contributed by atoms with Gasteiger partial charge in [0.15, 0.2) is 5.75 Å². The summed E-state index contributed by atoms with van der Waals surface area (Å²) in [6, 6.07) is 0.702. The maximum Gasteiger partial charge on any atom is 0.280 e. The summed E-state index contributed by atoms with van der Waals surface area (Å²) in [5.74, 6) is -0.139. The molecule has 0 aliphatic heterocycles. The van der Waals surface area contributed by atoms with Crippen LogP contribution in [0.5, 0.6) is 5.75 Å². The minimum absolute atomic E-state index is 0.0112. The first-order chi connectivity index (χ1) is 7.27. The third-order valence-electron chi connectivity index (χ3n) is 1.61. The molecule has 16 heavy (non-hydrogen) atoms. The molecule has 9 heteroatoms. The van der Waals surface area contributed by atoms with Crippen LogP contribution in [0.4, 0.5) is 8.78 Å². The molecule has 0 aromatic carbocycles. The fraction of sp³-hybridized carbons (Fsp3) is 0.286. The van der Waals surface area contributed by atoms with E-state index in [2.05, 4.69) is 4.98 Å². The van der Waals surface area contributed by atoms with Gasteiger partial charge in [-0.25, -0.2) is 22.2 Å². The van der Waals surface area contributed by atoms with Crippen LogP contribution >= 0.6 is 33.3 Å². The van der Waals surface area contributed by atoms with Crippen molar-refractivity contribution in [2.45, 2.75) is 11.3 Å². The summed E-state index contributed by atoms with van der Waals surface area (Å²) in [4.78, 5) is 3.00. The molecule has 1 aromatic rings. The van der Waals surface area contributed by atoms with Gasteiger partial charge in [-0.2, -0.15) is 0 Å². The van der Waals surface area contributed by atoms with Gasteiger partial charge < -0.3 is 4.74 Å². The van der Waals surface area contributed by atoms with Crippen LogP contribution in [-0.4, -0.2) is 20.5 Å². The van der Waals surface area contributed by atoms with Crippen molar-refractivity contribution in [1.82, 2.24) is 4.98 Å². The zero-order valence-corrected chi connectivity index (χ0v) is 11.5. The van der Waals surface area contributed by atoms with Crippen LogP contribution in [0.15, 0.2) is 11.0 Å². The standard InChI is InChI=1S/C7H5ClF2INO3S/c1-15-5-4(16(8,13)14)2-3(6(9)10)12-7(5)11/h2,6H,1H3. The molecule has 90 valence electrons. The largest absolute Gasteiger partial charge is 0.493 e. The van der Waals surface area contributed by atoms with Crippen LogP contribution in [0.2, 0.25) is 0 Å². The number of aromatic nitrogens is 1. The average molecular weight is 384 g/mol. The molecular weight excluding hydrogens is 379 g/mol. The van der Waals surface area contributed by atoms with Gasteiger partial charge in [-0.15, -0.1) is 0 Å². The predicted octanol–water partition coefficient (Wildman–Crippen LogP) is 2.56. The van der Waals surface area contributed by atoms with E-state index in [0.29, 0.717) is 6.07 Å². The molecule has 1 heterocycles. The lowest BCUT2D eigenvalue weighted by molar-refractivity contribution is 0.145. The second kappa shape index (κ2) is 4.96. The molecule has 0 bridgehead atoms. The summed E-state index contributed by atoms with van der Waals surface area (Å²) in [6.07, 6.45) is -2.88. The van der Waals surface area contributed by atoms with E-state index in [1.54, 1.807) is 22.6 Å². The maximum absolute atomic E-state index is 12.4. The highest BCUT2D eigenvalue weighted by Gasteiger charge is 2.24. The number of alkyl halides is 2. The number of hydrogen-bond donors (Lipinski definition) is 0. The van der Waals surface area contributed by atoms with Crippen molar-refractivity contribution in [2.24, 2.45) is 0 Å². The lowest BCUT2D eigenvalue weighted by Gasteiger charge is -2.09. The number of nitrogens with zero attached hydrogens (tertiary/aromatic N) is 1. The Kier molecular flexibility index (Phi) is 4.29. The first-order valence-corrected chi connectivity index (χ1v) is 7.13. The number of rotatable bonds is 3. The van der Waals surface area contributed by atoms with Gasteiger partial charge in [0.2, 0.25) is 0 Å². The summed E-state index contributed by atoms with van der Waals surface area (Å²) in [6.45, 7) is 0. The fourth-order valence-electron chi connectivity index (χ4n) is 0.976. The Hall–Kier alpha value is -0.220. The summed E-state index contributed by atoms with van der Waals surface area (Å²) in [5.41, 5.74) is -0.663. The van der Waals surface area contributed by atoms with E-state index in [9.17, 15) is 17.2 Å². The molecular formula is C7H5ClF2INO3S. The SMILES string of the molecule is COc1c(S(=O)(=O)Cl)cc(C(F)F)nc1I. The maximum atomic E-state index is 12.4. The van der Waals surface area contributed by atoms with E-state index >= 15 is 0 Å². The molecule has 0 fully saturated rings. The van der Waals surface area contributed by atoms with Crippen molar-refractivity contribution >= 4 is 42.3 Å². The molecule has 1 aromatic heterocycles. The lowest BCUT2D eigenvalue weighted by atomic mass is 10.3. The van der Waals surface area contributed by atoms with E-state index in [0.717, 1.165) is 0 Å². The monoisotopic (exact) mass is 383 g/mol. The highest BCUT2D eigenvalue weighted by molar-refractivity contribution is 14.1. The fourth-order valence-corrected chi connectivity index (χ4v) is 2.95. The topological polar surface area (TPSA) is 56.3 Å². The van der Waals surface area contributed by atoms with Crippen LogP contribution < -0.4 is 4.74 Å². The lowest BCUT2D eigenvalue weighted by Crippen LogP contribution is -2.03. The number of methoxy groups -OCH3 is 1. The quantitative estimate of drug-likeness (QED) is 0.457. The van der Waals surface area contributed by atoms with Gasteiger partial charge >= 0.3 is 0 Å². The normalized spacial score (nSPS) is 11.9. The number of pyridine rings is 1. The molecule has 0 radical (unpaired) electrons. The average Bonchev–Trinajstić information content (AvgIpc) is 2.14. The molecule has 0 saturated heterocycles. The van der Waals surface area contributed by atoms with E-state index < -0.39 is 26.1 Å². The Labute approximate surface area is 109 Å². The number of ether oxygens (including phenoxy) is 1. The van der Waals surface area contributed by atoms with Gasteiger partial charge in [0.1, 0.15) is 14.3 Å². The third-order valence-corrected chi connectivity index (χ3v) is 3.67. The van der Waals surface area contributed by atoms with Crippen LogP contribution in [0, 0.1) is 3.70 Å². The smallest absolute Gasteiger partial charge is 0.280 e. The van der Waals surface area contributed by atoms with E-state index in [4.69, 9.17) is 15.4 Å². The molecule has 0 aliphatic carbocycles. The number of halogens is 4. The second-order valence-corrected chi connectivity index (χ2v) is 6.16. The Balaban J connectivity index is 3.56. The Morgan fingerprint density at radius 1 is 1.56 bits per heavy atom. The van der Waals surface area contributed by atoms with Gasteiger partial charge in [-0.1, -0.05) is 0 Å². The van der Waals surface area contributed by atoms with E-state index in [1.807, 2.05) is 0 Å². The predicted molar refractivity (Wildman–Crippen MR) is 61.5 cm³/mol. The minimum Gasteiger partial charge on any atom is -0.493 e. The molecule has 0 spiro atoms. The molecule has 0 aliphatic rings. The van der Waals surface area contributed by atoms with Crippen LogP contribution in [0.1, 0.15) is 12.1 Å². The van der Waals surface area contributed by atoms with Crippen LogP contribution in [0.3, 0.4) is 0 Å². The first kappa shape index (κ1) is 13.8. The summed E-state index contributed by atoms with van der Waals surface area (Å²) in [5, 5.41) is 0. The van der Waals surface area contributed by atoms with Gasteiger partial charge in [0.25, 0.3) is 15.5 Å². The molecule has 0 unspecified atom stereocenters. The van der Waals surface area contributed by atoms with Crippen molar-refractivity contribution in [3.8, 4) is 5.75 Å². The number of hydrogen-bond acceptors (Lipinski definition) is 4. The Bertz CT molecular complexity index is 509. The van der Waals surface area contributed by atoms with Gasteiger partial charge in [-0.3, -0.25) is 0 Å². The molecule has 0 N–H and O–H groups in total. The summed E-state index contributed by atoms with van der Waals surface area (Å²) in [7, 11) is 2.15. The summed E-state index contributed by atoms with van der Waals surface area (Å²) >= 11 is 1.59. The van der Waals surface area contributed by atoms with Crippen molar-refractivity contribution in [3.05, 3.63) is 15.5 Å². The highest BCUT2D eigenvalue weighted by atomic mass is 127. The molecule has 4 nitrogen and oxygen atoms in total. The van der Waals surface area contributed by atoms with Gasteiger partial charge in [0.05, 0.1) is 7.11 Å². The first-order valence-electron chi connectivity index (χ1n) is 3.74. The molecule has 1 rings (SSSR count). The third kappa shape index (κ3) is 2.92. The zero-order valence-electron chi connectivity index (χ0n) is 7.75. The van der Waals surface area contributed by atoms with E-state index in [-0.39, 0.29) is 9.45 Å². The van der Waals surface area contributed by atoms with E-state index in [1.165, 1.54) is 7.11 Å². The molecule has 0 amide bonds. The Morgan fingerprint density at radius 3 is 2.50 bits per heavy atom. The van der Waals surface area contributed by atoms with Gasteiger partial charge in [-0.05, 0) is 28.7 Å². The van der Waals surface area contributed by atoms with Crippen molar-refractivity contribution < 1.29 is 21.9 Å². The van der Waals surface area contributed by atoms with Crippen LogP contribution in [0.25, 0.3) is 0 Å². The van der Waals surface area contributed by atoms with Crippen molar-refractivity contribution in [2.75, 3.05) is 7.11 Å². The zero-order chi connectivity index (χ0) is 12.5. The van der Waals surface area contributed by atoms with Crippen LogP contribution in [-0.2, 0) is 9.05 Å². The highest BCUT2D eigenvalue weighted by Crippen LogP contribution is 2.33.